The highest BCUT2D eigenvalue weighted by Gasteiger charge is 2.20. The van der Waals surface area contributed by atoms with Gasteiger partial charge in [-0.15, -0.1) is 11.3 Å². The fourth-order valence-electron chi connectivity index (χ4n) is 3.00. The molecule has 1 aliphatic heterocycles. The number of nitrogens with one attached hydrogen (secondary N) is 1. The van der Waals surface area contributed by atoms with Crippen molar-refractivity contribution in [2.75, 3.05) is 18.4 Å². The van der Waals surface area contributed by atoms with Crippen LogP contribution in [0.1, 0.15) is 47.3 Å². The molecule has 128 valence electrons. The van der Waals surface area contributed by atoms with Crippen molar-refractivity contribution < 1.29 is 4.79 Å². The first-order valence-electron chi connectivity index (χ1n) is 8.66. The number of anilines is 1. The summed E-state index contributed by atoms with van der Waals surface area (Å²) < 4.78 is 0. The number of hydrogen-bond donors (Lipinski definition) is 1. The lowest BCUT2D eigenvalue weighted by Gasteiger charge is -2.23. The second-order valence-electron chi connectivity index (χ2n) is 6.76. The second kappa shape index (κ2) is 7.45. The average Bonchev–Trinajstić information content (AvgIpc) is 2.96. The van der Waals surface area contributed by atoms with Gasteiger partial charge in [-0.1, -0.05) is 32.9 Å². The van der Waals surface area contributed by atoms with Crippen molar-refractivity contribution in [3.05, 3.63) is 46.0 Å². The quantitative estimate of drug-likeness (QED) is 0.893. The van der Waals surface area contributed by atoms with Gasteiger partial charge in [0.2, 0.25) is 0 Å². The SMILES string of the molecule is CCN1CCc2nc(NC(=O)c3ccc(CC(C)C)cc3)sc2C1. The lowest BCUT2D eigenvalue weighted by Crippen LogP contribution is -2.29. The first-order chi connectivity index (χ1) is 11.5. The van der Waals surface area contributed by atoms with Gasteiger partial charge in [0.05, 0.1) is 5.69 Å². The van der Waals surface area contributed by atoms with Crippen molar-refractivity contribution >= 4 is 22.4 Å². The fraction of sp³-hybridized carbons (Fsp3) is 0.474. The Hall–Kier alpha value is -1.72. The van der Waals surface area contributed by atoms with E-state index in [0.29, 0.717) is 16.6 Å². The van der Waals surface area contributed by atoms with Crippen LogP contribution in [0.3, 0.4) is 0 Å². The summed E-state index contributed by atoms with van der Waals surface area (Å²) in [5.41, 5.74) is 3.10. The van der Waals surface area contributed by atoms with Crippen LogP contribution in [0.5, 0.6) is 0 Å². The highest BCUT2D eigenvalue weighted by molar-refractivity contribution is 7.15. The van der Waals surface area contributed by atoms with Gasteiger partial charge >= 0.3 is 0 Å². The number of aromatic nitrogens is 1. The van der Waals surface area contributed by atoms with Gasteiger partial charge in [-0.05, 0) is 36.6 Å². The number of hydrogen-bond acceptors (Lipinski definition) is 4. The zero-order valence-electron chi connectivity index (χ0n) is 14.6. The van der Waals surface area contributed by atoms with Gasteiger partial charge in [0, 0.05) is 30.0 Å². The van der Waals surface area contributed by atoms with E-state index in [9.17, 15) is 4.79 Å². The molecule has 4 nitrogen and oxygen atoms in total. The molecule has 24 heavy (non-hydrogen) atoms. The molecule has 0 fully saturated rings. The van der Waals surface area contributed by atoms with Crippen LogP contribution in [0.4, 0.5) is 5.13 Å². The number of benzene rings is 1. The topological polar surface area (TPSA) is 45.2 Å². The van der Waals surface area contributed by atoms with Crippen LogP contribution in [0.15, 0.2) is 24.3 Å². The predicted octanol–water partition coefficient (Wildman–Crippen LogP) is 3.97. The normalized spacial score (nSPS) is 14.7. The van der Waals surface area contributed by atoms with E-state index in [-0.39, 0.29) is 5.91 Å². The van der Waals surface area contributed by atoms with Gasteiger partial charge in [-0.3, -0.25) is 15.0 Å². The molecule has 1 aromatic heterocycles. The fourth-order valence-corrected chi connectivity index (χ4v) is 4.05. The Balaban J connectivity index is 1.66. The number of amides is 1. The monoisotopic (exact) mass is 343 g/mol. The smallest absolute Gasteiger partial charge is 0.257 e. The molecule has 1 N–H and O–H groups in total. The van der Waals surface area contributed by atoms with Crippen LogP contribution in [0.2, 0.25) is 0 Å². The maximum absolute atomic E-state index is 12.4. The van der Waals surface area contributed by atoms with Crippen LogP contribution < -0.4 is 5.32 Å². The molecule has 0 atom stereocenters. The van der Waals surface area contributed by atoms with Crippen molar-refractivity contribution in [1.82, 2.24) is 9.88 Å². The first-order valence-corrected chi connectivity index (χ1v) is 9.48. The number of likely N-dealkylation sites (N-methyl/N-ethyl adjacent to an activating group) is 1. The molecule has 0 bridgehead atoms. The molecule has 2 heterocycles. The minimum absolute atomic E-state index is 0.0791. The van der Waals surface area contributed by atoms with E-state index in [1.807, 2.05) is 24.3 Å². The lowest BCUT2D eigenvalue weighted by atomic mass is 10.0. The molecule has 1 amide bonds. The number of rotatable bonds is 5. The second-order valence-corrected chi connectivity index (χ2v) is 7.84. The Morgan fingerprint density at radius 1 is 1.33 bits per heavy atom. The van der Waals surface area contributed by atoms with Gasteiger partial charge in [-0.2, -0.15) is 0 Å². The van der Waals surface area contributed by atoms with Crippen LogP contribution in [0.25, 0.3) is 0 Å². The summed E-state index contributed by atoms with van der Waals surface area (Å²) in [5.74, 6) is 0.540. The first kappa shape index (κ1) is 17.1. The van der Waals surface area contributed by atoms with E-state index < -0.39 is 0 Å². The Morgan fingerprint density at radius 3 is 2.75 bits per heavy atom. The largest absolute Gasteiger partial charge is 0.298 e. The maximum Gasteiger partial charge on any atom is 0.257 e. The summed E-state index contributed by atoms with van der Waals surface area (Å²) in [5, 5.41) is 3.68. The molecular weight excluding hydrogens is 318 g/mol. The summed E-state index contributed by atoms with van der Waals surface area (Å²) >= 11 is 1.60. The molecule has 5 heteroatoms. The molecule has 0 spiro atoms. The molecule has 3 rings (SSSR count). The van der Waals surface area contributed by atoms with E-state index in [2.05, 4.69) is 36.0 Å². The highest BCUT2D eigenvalue weighted by atomic mass is 32.1. The van der Waals surface area contributed by atoms with Gasteiger partial charge < -0.3 is 0 Å². The molecule has 0 radical (unpaired) electrons. The number of carbonyl (C=O) groups is 1. The molecule has 2 aromatic rings. The third kappa shape index (κ3) is 4.02. The Morgan fingerprint density at radius 2 is 2.08 bits per heavy atom. The highest BCUT2D eigenvalue weighted by Crippen LogP contribution is 2.28. The number of thiazole rings is 1. The molecule has 0 aliphatic carbocycles. The van der Waals surface area contributed by atoms with Crippen molar-refractivity contribution in [2.24, 2.45) is 5.92 Å². The Kier molecular flexibility index (Phi) is 5.31. The molecule has 1 aromatic carbocycles. The van der Waals surface area contributed by atoms with Gasteiger partial charge in [0.25, 0.3) is 5.91 Å². The van der Waals surface area contributed by atoms with Gasteiger partial charge in [0.1, 0.15) is 0 Å². The summed E-state index contributed by atoms with van der Waals surface area (Å²) in [6, 6.07) is 7.89. The van der Waals surface area contributed by atoms with Crippen LogP contribution in [-0.4, -0.2) is 28.9 Å². The molecule has 0 unspecified atom stereocenters. The molecule has 1 aliphatic rings. The van der Waals surface area contributed by atoms with Crippen LogP contribution in [-0.2, 0) is 19.4 Å². The van der Waals surface area contributed by atoms with E-state index in [1.165, 1.54) is 10.4 Å². The predicted molar refractivity (Wildman–Crippen MR) is 99.7 cm³/mol. The third-order valence-electron chi connectivity index (χ3n) is 4.34. The summed E-state index contributed by atoms with van der Waals surface area (Å²) in [6.07, 6.45) is 2.01. The van der Waals surface area contributed by atoms with Crippen molar-refractivity contribution in [3.63, 3.8) is 0 Å². The molecule has 0 saturated heterocycles. The number of fused-ring (bicyclic) bond motifs is 1. The van der Waals surface area contributed by atoms with E-state index in [0.717, 1.165) is 38.2 Å². The van der Waals surface area contributed by atoms with E-state index in [1.54, 1.807) is 11.3 Å². The van der Waals surface area contributed by atoms with Gasteiger partial charge in [0.15, 0.2) is 5.13 Å². The van der Waals surface area contributed by atoms with Crippen molar-refractivity contribution in [3.8, 4) is 0 Å². The average molecular weight is 343 g/mol. The summed E-state index contributed by atoms with van der Waals surface area (Å²) in [7, 11) is 0. The van der Waals surface area contributed by atoms with Crippen molar-refractivity contribution in [1.29, 1.82) is 0 Å². The zero-order chi connectivity index (χ0) is 17.1. The third-order valence-corrected chi connectivity index (χ3v) is 5.34. The molecular formula is C19H25N3OS. The van der Waals surface area contributed by atoms with E-state index >= 15 is 0 Å². The van der Waals surface area contributed by atoms with Crippen molar-refractivity contribution in [2.45, 2.75) is 40.2 Å². The minimum Gasteiger partial charge on any atom is -0.298 e. The zero-order valence-corrected chi connectivity index (χ0v) is 15.4. The van der Waals surface area contributed by atoms with Crippen LogP contribution >= 0.6 is 11.3 Å². The van der Waals surface area contributed by atoms with Crippen LogP contribution in [0, 0.1) is 5.92 Å². The number of carbonyl (C=O) groups excluding carboxylic acids is 1. The standard InChI is InChI=1S/C19H25N3OS/c1-4-22-10-9-16-17(12-22)24-19(20-16)21-18(23)15-7-5-14(6-8-15)11-13(2)3/h5-8,13H,4,9-12H2,1-3H3,(H,20,21,23). The summed E-state index contributed by atoms with van der Waals surface area (Å²) in [6.45, 7) is 9.63. The lowest BCUT2D eigenvalue weighted by molar-refractivity contribution is 0.102. The minimum atomic E-state index is -0.0791. The Bertz CT molecular complexity index is 706. The molecule has 0 saturated carbocycles. The maximum atomic E-state index is 12.4. The number of nitrogens with zero attached hydrogens (tertiary/aromatic N) is 2. The van der Waals surface area contributed by atoms with Gasteiger partial charge in [-0.25, -0.2) is 4.98 Å². The summed E-state index contributed by atoms with van der Waals surface area (Å²) in [4.78, 5) is 20.7. The van der Waals surface area contributed by atoms with E-state index in [4.69, 9.17) is 0 Å². The Labute approximate surface area is 147 Å².